The van der Waals surface area contributed by atoms with E-state index in [9.17, 15) is 0 Å². The van der Waals surface area contributed by atoms with Crippen LogP contribution in [0.5, 0.6) is 0 Å². The van der Waals surface area contributed by atoms with E-state index in [0.29, 0.717) is 5.82 Å². The lowest BCUT2D eigenvalue weighted by atomic mass is 10.3. The molecule has 0 aliphatic carbocycles. The van der Waals surface area contributed by atoms with Crippen LogP contribution in [0.25, 0.3) is 0 Å². The fourth-order valence-electron chi connectivity index (χ4n) is 1.18. The maximum atomic E-state index is 5.52. The number of hydrogen-bond acceptors (Lipinski definition) is 5. The quantitative estimate of drug-likeness (QED) is 0.814. The normalized spacial score (nSPS) is 10.6. The van der Waals surface area contributed by atoms with Gasteiger partial charge in [0.1, 0.15) is 11.6 Å². The second-order valence-electron chi connectivity index (χ2n) is 3.47. The molecule has 2 aromatic rings. The lowest BCUT2D eigenvalue weighted by Crippen LogP contribution is -1.94. The van der Waals surface area contributed by atoms with Crippen LogP contribution in [0.2, 0.25) is 0 Å². The van der Waals surface area contributed by atoms with Crippen LogP contribution in [0.1, 0.15) is 11.4 Å². The summed E-state index contributed by atoms with van der Waals surface area (Å²) in [5, 5.41) is 8.99. The Morgan fingerprint density at radius 1 is 1.38 bits per heavy atom. The molecule has 2 rings (SSSR count). The van der Waals surface area contributed by atoms with Crippen molar-refractivity contribution in [2.75, 3.05) is 5.73 Å². The number of nitrogen functional groups attached to an aromatic ring is 1. The number of nitrogens with two attached hydrogens (primary N) is 1. The average molecular weight is 235 g/mol. The third-order valence-electron chi connectivity index (χ3n) is 2.27. The summed E-state index contributed by atoms with van der Waals surface area (Å²) >= 11 is 1.64. The van der Waals surface area contributed by atoms with Gasteiger partial charge in [0.25, 0.3) is 0 Å². The van der Waals surface area contributed by atoms with Crippen LogP contribution in [-0.2, 0) is 12.8 Å². The van der Waals surface area contributed by atoms with Gasteiger partial charge in [-0.05, 0) is 18.6 Å². The molecule has 0 aromatic carbocycles. The third kappa shape index (κ3) is 2.33. The predicted octanol–water partition coefficient (Wildman–Crippen LogP) is 1.39. The highest BCUT2D eigenvalue weighted by Crippen LogP contribution is 2.20. The van der Waals surface area contributed by atoms with Gasteiger partial charge in [0, 0.05) is 19.0 Å². The van der Waals surface area contributed by atoms with Crippen LogP contribution >= 0.6 is 11.8 Å². The minimum atomic E-state index is 0.545. The van der Waals surface area contributed by atoms with Gasteiger partial charge in [-0.25, -0.2) is 4.98 Å². The highest BCUT2D eigenvalue weighted by Gasteiger charge is 2.05. The monoisotopic (exact) mass is 235 g/mol. The number of pyridine rings is 1. The van der Waals surface area contributed by atoms with Crippen molar-refractivity contribution in [2.45, 2.75) is 17.8 Å². The molecular weight excluding hydrogens is 222 g/mol. The molecule has 0 bridgehead atoms. The molecule has 0 fully saturated rings. The van der Waals surface area contributed by atoms with Gasteiger partial charge in [-0.3, -0.25) is 0 Å². The van der Waals surface area contributed by atoms with Gasteiger partial charge in [0.15, 0.2) is 5.16 Å². The summed E-state index contributed by atoms with van der Waals surface area (Å²) < 4.78 is 1.97. The lowest BCUT2D eigenvalue weighted by molar-refractivity contribution is 0.765. The molecule has 0 saturated heterocycles. The standard InChI is InChI=1S/C10H13N5S/c1-7-13-14-10(15(7)2)16-6-8-3-4-9(11)12-5-8/h3-5H,6H2,1-2H3,(H2,11,12). The van der Waals surface area contributed by atoms with Crippen LogP contribution in [0.15, 0.2) is 23.5 Å². The summed E-state index contributed by atoms with van der Waals surface area (Å²) in [5.41, 5.74) is 6.64. The summed E-state index contributed by atoms with van der Waals surface area (Å²) in [6.45, 7) is 1.93. The summed E-state index contributed by atoms with van der Waals surface area (Å²) in [6.07, 6.45) is 1.78. The molecule has 2 aromatic heterocycles. The molecule has 0 spiro atoms. The van der Waals surface area contributed by atoms with Gasteiger partial charge in [-0.1, -0.05) is 17.8 Å². The minimum absolute atomic E-state index is 0.545. The Bertz CT molecular complexity index is 476. The van der Waals surface area contributed by atoms with Gasteiger partial charge in [-0.2, -0.15) is 0 Å². The molecule has 0 radical (unpaired) electrons. The summed E-state index contributed by atoms with van der Waals surface area (Å²) in [4.78, 5) is 4.04. The van der Waals surface area contributed by atoms with E-state index in [2.05, 4.69) is 15.2 Å². The van der Waals surface area contributed by atoms with E-state index in [1.165, 1.54) is 0 Å². The molecule has 0 aliphatic rings. The molecule has 0 atom stereocenters. The number of nitrogens with zero attached hydrogens (tertiary/aromatic N) is 4. The van der Waals surface area contributed by atoms with E-state index in [4.69, 9.17) is 5.73 Å². The minimum Gasteiger partial charge on any atom is -0.384 e. The molecule has 0 saturated carbocycles. The lowest BCUT2D eigenvalue weighted by Gasteiger charge is -2.01. The van der Waals surface area contributed by atoms with Crippen LogP contribution in [-0.4, -0.2) is 19.7 Å². The highest BCUT2D eigenvalue weighted by molar-refractivity contribution is 7.98. The first-order valence-electron chi connectivity index (χ1n) is 4.86. The zero-order chi connectivity index (χ0) is 11.5. The van der Waals surface area contributed by atoms with E-state index >= 15 is 0 Å². The SMILES string of the molecule is Cc1nnc(SCc2ccc(N)nc2)n1C. The molecule has 2 heterocycles. The average Bonchev–Trinajstić information content (AvgIpc) is 2.60. The molecule has 0 amide bonds. The molecule has 16 heavy (non-hydrogen) atoms. The van der Waals surface area contributed by atoms with Crippen molar-refractivity contribution in [2.24, 2.45) is 7.05 Å². The topological polar surface area (TPSA) is 69.6 Å². The first kappa shape index (κ1) is 10.9. The van der Waals surface area contributed by atoms with Crippen molar-refractivity contribution in [3.8, 4) is 0 Å². The van der Waals surface area contributed by atoms with E-state index in [1.807, 2.05) is 24.6 Å². The van der Waals surface area contributed by atoms with Crippen molar-refractivity contribution in [1.82, 2.24) is 19.7 Å². The summed E-state index contributed by atoms with van der Waals surface area (Å²) in [7, 11) is 1.96. The second kappa shape index (κ2) is 4.52. The highest BCUT2D eigenvalue weighted by atomic mass is 32.2. The largest absolute Gasteiger partial charge is 0.384 e. The summed E-state index contributed by atoms with van der Waals surface area (Å²) in [6, 6.07) is 3.77. The molecule has 5 nitrogen and oxygen atoms in total. The Balaban J connectivity index is 2.02. The molecule has 2 N–H and O–H groups in total. The van der Waals surface area contributed by atoms with Crippen LogP contribution < -0.4 is 5.73 Å². The Labute approximate surface area is 98.1 Å². The van der Waals surface area contributed by atoms with Crippen molar-refractivity contribution < 1.29 is 0 Å². The second-order valence-corrected chi connectivity index (χ2v) is 4.41. The maximum Gasteiger partial charge on any atom is 0.191 e. The molecule has 84 valence electrons. The van der Waals surface area contributed by atoms with Gasteiger partial charge >= 0.3 is 0 Å². The van der Waals surface area contributed by atoms with Gasteiger partial charge in [-0.15, -0.1) is 10.2 Å². The number of thioether (sulfide) groups is 1. The van der Waals surface area contributed by atoms with Gasteiger partial charge in [0.2, 0.25) is 0 Å². The van der Waals surface area contributed by atoms with E-state index < -0.39 is 0 Å². The zero-order valence-corrected chi connectivity index (χ0v) is 10.0. The molecule has 6 heteroatoms. The number of anilines is 1. The predicted molar refractivity (Wildman–Crippen MR) is 64.0 cm³/mol. The zero-order valence-electron chi connectivity index (χ0n) is 9.21. The fourth-order valence-corrected chi connectivity index (χ4v) is 2.07. The van der Waals surface area contributed by atoms with Crippen molar-refractivity contribution in [3.63, 3.8) is 0 Å². The van der Waals surface area contributed by atoms with E-state index in [1.54, 1.807) is 24.0 Å². The van der Waals surface area contributed by atoms with Gasteiger partial charge in [0.05, 0.1) is 0 Å². The first-order valence-corrected chi connectivity index (χ1v) is 5.84. The Morgan fingerprint density at radius 2 is 2.19 bits per heavy atom. The van der Waals surface area contributed by atoms with Crippen LogP contribution in [0.4, 0.5) is 5.82 Å². The third-order valence-corrected chi connectivity index (χ3v) is 3.36. The van der Waals surface area contributed by atoms with E-state index in [-0.39, 0.29) is 0 Å². The van der Waals surface area contributed by atoms with Crippen molar-refractivity contribution in [3.05, 3.63) is 29.7 Å². The summed E-state index contributed by atoms with van der Waals surface area (Å²) in [5.74, 6) is 2.28. The number of hydrogen-bond donors (Lipinski definition) is 1. The van der Waals surface area contributed by atoms with Crippen molar-refractivity contribution >= 4 is 17.6 Å². The molecule has 0 unspecified atom stereocenters. The smallest absolute Gasteiger partial charge is 0.191 e. The van der Waals surface area contributed by atoms with Crippen molar-refractivity contribution in [1.29, 1.82) is 0 Å². The van der Waals surface area contributed by atoms with Crippen LogP contribution in [0.3, 0.4) is 0 Å². The molecule has 0 aliphatic heterocycles. The Kier molecular flexibility index (Phi) is 3.09. The fraction of sp³-hybridized carbons (Fsp3) is 0.300. The number of rotatable bonds is 3. The maximum absolute atomic E-state index is 5.52. The van der Waals surface area contributed by atoms with Gasteiger partial charge < -0.3 is 10.3 Å². The van der Waals surface area contributed by atoms with Crippen LogP contribution in [0, 0.1) is 6.92 Å². The van der Waals surface area contributed by atoms with E-state index in [0.717, 1.165) is 22.3 Å². The Morgan fingerprint density at radius 3 is 2.75 bits per heavy atom. The number of aromatic nitrogens is 4. The Hall–Kier alpha value is -1.56. The molecular formula is C10H13N5S. The first-order chi connectivity index (χ1) is 7.66. The number of aryl methyl sites for hydroxylation is 1.